The van der Waals surface area contributed by atoms with Crippen LogP contribution in [0.15, 0.2) is 36.0 Å². The molecule has 0 saturated heterocycles. The Bertz CT molecular complexity index is 538. The van der Waals surface area contributed by atoms with Gasteiger partial charge in [0, 0.05) is 25.0 Å². The standard InChI is InChI=1S/C17H23N3O2/c1-4-10-20(11-5-2)13-14(12-18)17(21)19-15-6-8-16(22-3)9-7-15/h6-9,13H,4-5,10-11H2,1-3H3,(H,19,21)/b14-13-. The highest BCUT2D eigenvalue weighted by Crippen LogP contribution is 2.15. The van der Waals surface area contributed by atoms with Crippen LogP contribution in [-0.2, 0) is 4.79 Å². The second-order valence-corrected chi connectivity index (χ2v) is 4.87. The molecule has 0 fully saturated rings. The zero-order chi connectivity index (χ0) is 16.4. The highest BCUT2D eigenvalue weighted by atomic mass is 16.5. The maximum atomic E-state index is 12.2. The molecule has 0 aliphatic carbocycles. The predicted molar refractivity (Wildman–Crippen MR) is 87.5 cm³/mol. The Hall–Kier alpha value is -2.48. The number of nitrogens with zero attached hydrogens (tertiary/aromatic N) is 2. The monoisotopic (exact) mass is 301 g/mol. The van der Waals surface area contributed by atoms with Crippen LogP contribution in [0.3, 0.4) is 0 Å². The molecule has 5 heteroatoms. The Kier molecular flexibility index (Phi) is 7.55. The fraction of sp³-hybridized carbons (Fsp3) is 0.412. The summed E-state index contributed by atoms with van der Waals surface area (Å²) in [5.74, 6) is 0.316. The van der Waals surface area contributed by atoms with Gasteiger partial charge in [-0.3, -0.25) is 4.79 Å². The minimum Gasteiger partial charge on any atom is -0.497 e. The SMILES string of the molecule is CCCN(/C=C(/C#N)C(=O)Nc1ccc(OC)cc1)CCC. The Labute approximate surface area is 132 Å². The van der Waals surface area contributed by atoms with Crippen LogP contribution < -0.4 is 10.1 Å². The van der Waals surface area contributed by atoms with Gasteiger partial charge in [-0.15, -0.1) is 0 Å². The highest BCUT2D eigenvalue weighted by Gasteiger charge is 2.11. The molecule has 22 heavy (non-hydrogen) atoms. The lowest BCUT2D eigenvalue weighted by Crippen LogP contribution is -2.22. The van der Waals surface area contributed by atoms with Crippen molar-refractivity contribution in [1.29, 1.82) is 5.26 Å². The third-order valence-electron chi connectivity index (χ3n) is 3.05. The maximum absolute atomic E-state index is 12.2. The van der Waals surface area contributed by atoms with Crippen LogP contribution >= 0.6 is 0 Å². The van der Waals surface area contributed by atoms with Crippen molar-refractivity contribution >= 4 is 11.6 Å². The van der Waals surface area contributed by atoms with Crippen molar-refractivity contribution in [3.05, 3.63) is 36.0 Å². The zero-order valence-corrected chi connectivity index (χ0v) is 13.4. The van der Waals surface area contributed by atoms with Gasteiger partial charge in [0.1, 0.15) is 17.4 Å². The van der Waals surface area contributed by atoms with Gasteiger partial charge in [0.05, 0.1) is 7.11 Å². The van der Waals surface area contributed by atoms with E-state index in [1.807, 2.05) is 11.0 Å². The second-order valence-electron chi connectivity index (χ2n) is 4.87. The third-order valence-corrected chi connectivity index (χ3v) is 3.05. The Morgan fingerprint density at radius 2 is 1.86 bits per heavy atom. The molecule has 1 rings (SSSR count). The van der Waals surface area contributed by atoms with Crippen LogP contribution in [0, 0.1) is 11.3 Å². The number of carbonyl (C=O) groups excluding carboxylic acids is 1. The number of hydrogen-bond donors (Lipinski definition) is 1. The largest absolute Gasteiger partial charge is 0.497 e. The number of benzene rings is 1. The molecule has 5 nitrogen and oxygen atoms in total. The molecular weight excluding hydrogens is 278 g/mol. The van der Waals surface area contributed by atoms with Crippen LogP contribution in [0.1, 0.15) is 26.7 Å². The van der Waals surface area contributed by atoms with Crippen LogP contribution in [0.5, 0.6) is 5.75 Å². The molecule has 1 aromatic rings. The van der Waals surface area contributed by atoms with E-state index in [2.05, 4.69) is 19.2 Å². The summed E-state index contributed by atoms with van der Waals surface area (Å²) in [6.45, 7) is 5.80. The smallest absolute Gasteiger partial charge is 0.267 e. The van der Waals surface area contributed by atoms with Gasteiger partial charge >= 0.3 is 0 Å². The summed E-state index contributed by atoms with van der Waals surface area (Å²) in [6.07, 6.45) is 3.58. The van der Waals surface area contributed by atoms with Crippen molar-refractivity contribution in [3.63, 3.8) is 0 Å². The Balaban J connectivity index is 2.80. The van der Waals surface area contributed by atoms with E-state index >= 15 is 0 Å². The average molecular weight is 301 g/mol. The van der Waals surface area contributed by atoms with Gasteiger partial charge in [0.15, 0.2) is 0 Å². The number of nitriles is 1. The molecule has 0 unspecified atom stereocenters. The molecule has 0 bridgehead atoms. The van der Waals surface area contributed by atoms with Crippen molar-refractivity contribution < 1.29 is 9.53 Å². The molecule has 1 amide bonds. The van der Waals surface area contributed by atoms with Gasteiger partial charge in [0.25, 0.3) is 5.91 Å². The molecule has 0 aromatic heterocycles. The van der Waals surface area contributed by atoms with E-state index < -0.39 is 5.91 Å². The summed E-state index contributed by atoms with van der Waals surface area (Å²) in [5.41, 5.74) is 0.738. The number of amides is 1. The Morgan fingerprint density at radius 3 is 2.32 bits per heavy atom. The number of carbonyl (C=O) groups is 1. The van der Waals surface area contributed by atoms with Crippen molar-refractivity contribution in [1.82, 2.24) is 4.90 Å². The molecule has 118 valence electrons. The summed E-state index contributed by atoms with van der Waals surface area (Å²) >= 11 is 0. The molecule has 0 saturated carbocycles. The zero-order valence-electron chi connectivity index (χ0n) is 13.4. The molecule has 0 spiro atoms. The summed E-state index contributed by atoms with van der Waals surface area (Å²) in [6, 6.07) is 8.96. The summed E-state index contributed by atoms with van der Waals surface area (Å²) in [7, 11) is 1.58. The number of anilines is 1. The van der Waals surface area contributed by atoms with Gasteiger partial charge < -0.3 is 15.0 Å². The minimum absolute atomic E-state index is 0.109. The lowest BCUT2D eigenvalue weighted by Gasteiger charge is -2.19. The lowest BCUT2D eigenvalue weighted by molar-refractivity contribution is -0.112. The number of nitrogens with one attached hydrogen (secondary N) is 1. The van der Waals surface area contributed by atoms with E-state index in [1.165, 1.54) is 0 Å². The van der Waals surface area contributed by atoms with E-state index in [1.54, 1.807) is 37.6 Å². The first-order valence-electron chi connectivity index (χ1n) is 7.46. The van der Waals surface area contributed by atoms with Crippen LogP contribution in [-0.4, -0.2) is 31.0 Å². The van der Waals surface area contributed by atoms with E-state index in [0.717, 1.165) is 25.9 Å². The Morgan fingerprint density at radius 1 is 1.27 bits per heavy atom. The normalized spacial score (nSPS) is 10.7. The van der Waals surface area contributed by atoms with Gasteiger partial charge in [0.2, 0.25) is 0 Å². The summed E-state index contributed by atoms with van der Waals surface area (Å²) in [4.78, 5) is 14.2. The van der Waals surface area contributed by atoms with E-state index in [-0.39, 0.29) is 5.57 Å². The third kappa shape index (κ3) is 5.49. The van der Waals surface area contributed by atoms with E-state index in [9.17, 15) is 10.1 Å². The predicted octanol–water partition coefficient (Wildman–Crippen LogP) is 3.16. The van der Waals surface area contributed by atoms with E-state index in [4.69, 9.17) is 4.74 Å². The van der Waals surface area contributed by atoms with Crippen molar-refractivity contribution in [2.24, 2.45) is 0 Å². The number of hydrogen-bond acceptors (Lipinski definition) is 4. The number of methoxy groups -OCH3 is 1. The minimum atomic E-state index is -0.398. The number of ether oxygens (including phenoxy) is 1. The molecule has 1 N–H and O–H groups in total. The first-order valence-corrected chi connectivity index (χ1v) is 7.46. The average Bonchev–Trinajstić information content (AvgIpc) is 2.53. The molecular formula is C17H23N3O2. The molecule has 0 aliphatic rings. The molecule has 1 aromatic carbocycles. The van der Waals surface area contributed by atoms with Gasteiger partial charge in [-0.1, -0.05) is 13.8 Å². The topological polar surface area (TPSA) is 65.4 Å². The van der Waals surface area contributed by atoms with Crippen molar-refractivity contribution in [2.45, 2.75) is 26.7 Å². The van der Waals surface area contributed by atoms with Gasteiger partial charge in [-0.2, -0.15) is 5.26 Å². The van der Waals surface area contributed by atoms with Crippen LogP contribution in [0.25, 0.3) is 0 Å². The highest BCUT2D eigenvalue weighted by molar-refractivity contribution is 6.06. The first-order chi connectivity index (χ1) is 10.6. The first kappa shape index (κ1) is 17.6. The second kappa shape index (κ2) is 9.46. The molecule has 0 heterocycles. The maximum Gasteiger partial charge on any atom is 0.267 e. The fourth-order valence-corrected chi connectivity index (χ4v) is 2.01. The van der Waals surface area contributed by atoms with Gasteiger partial charge in [-0.25, -0.2) is 0 Å². The molecule has 0 radical (unpaired) electrons. The lowest BCUT2D eigenvalue weighted by atomic mass is 10.2. The van der Waals surface area contributed by atoms with Gasteiger partial charge in [-0.05, 0) is 37.1 Å². The summed E-state index contributed by atoms with van der Waals surface area (Å²) < 4.78 is 5.07. The molecule has 0 atom stereocenters. The fourth-order valence-electron chi connectivity index (χ4n) is 2.01. The summed E-state index contributed by atoms with van der Waals surface area (Å²) in [5, 5.41) is 11.9. The molecule has 0 aliphatic heterocycles. The van der Waals surface area contributed by atoms with Crippen molar-refractivity contribution in [2.75, 3.05) is 25.5 Å². The van der Waals surface area contributed by atoms with E-state index in [0.29, 0.717) is 11.4 Å². The van der Waals surface area contributed by atoms with Crippen LogP contribution in [0.2, 0.25) is 0 Å². The number of rotatable bonds is 8. The quantitative estimate of drug-likeness (QED) is 0.591. The van der Waals surface area contributed by atoms with Crippen LogP contribution in [0.4, 0.5) is 5.69 Å². The van der Waals surface area contributed by atoms with Crippen molar-refractivity contribution in [3.8, 4) is 11.8 Å².